The standard InChI is InChI=1S/C16H27N5/c1-12-7-9-21(10-8-12)16-14(17)15(18-11-19-16)20-13-5-3-2-4-6-13/h11-13H,2-10,17H2,1H3,(H,18,19,20). The molecule has 2 fully saturated rings. The molecule has 21 heavy (non-hydrogen) atoms. The van der Waals surface area contributed by atoms with Gasteiger partial charge in [0.05, 0.1) is 0 Å². The summed E-state index contributed by atoms with van der Waals surface area (Å²) in [5.41, 5.74) is 7.06. The second-order valence-electron chi connectivity index (χ2n) is 6.61. The normalized spacial score (nSPS) is 21.5. The van der Waals surface area contributed by atoms with Crippen LogP contribution in [0.2, 0.25) is 0 Å². The molecule has 1 saturated heterocycles. The number of piperidine rings is 1. The summed E-state index contributed by atoms with van der Waals surface area (Å²) in [5.74, 6) is 2.55. The van der Waals surface area contributed by atoms with Crippen LogP contribution in [-0.4, -0.2) is 29.1 Å². The van der Waals surface area contributed by atoms with Crippen LogP contribution in [0.15, 0.2) is 6.33 Å². The minimum atomic E-state index is 0.519. The largest absolute Gasteiger partial charge is 0.393 e. The fourth-order valence-electron chi connectivity index (χ4n) is 3.41. The molecule has 0 amide bonds. The summed E-state index contributed by atoms with van der Waals surface area (Å²) >= 11 is 0. The molecule has 1 aliphatic carbocycles. The Morgan fingerprint density at radius 3 is 2.52 bits per heavy atom. The molecule has 1 saturated carbocycles. The van der Waals surface area contributed by atoms with Gasteiger partial charge < -0.3 is 16.0 Å². The van der Waals surface area contributed by atoms with Crippen molar-refractivity contribution in [1.29, 1.82) is 0 Å². The fraction of sp³-hybridized carbons (Fsp3) is 0.750. The molecular weight excluding hydrogens is 262 g/mol. The van der Waals surface area contributed by atoms with Gasteiger partial charge in [0.2, 0.25) is 0 Å². The summed E-state index contributed by atoms with van der Waals surface area (Å²) in [6.45, 7) is 4.41. The average Bonchev–Trinajstić information content (AvgIpc) is 2.52. The van der Waals surface area contributed by atoms with Crippen molar-refractivity contribution in [2.24, 2.45) is 5.92 Å². The van der Waals surface area contributed by atoms with E-state index in [1.54, 1.807) is 6.33 Å². The molecule has 0 bridgehead atoms. The van der Waals surface area contributed by atoms with Crippen molar-refractivity contribution in [3.8, 4) is 0 Å². The minimum Gasteiger partial charge on any atom is -0.393 e. The number of nitrogens with two attached hydrogens (primary N) is 1. The van der Waals surface area contributed by atoms with E-state index in [2.05, 4.69) is 27.1 Å². The van der Waals surface area contributed by atoms with Gasteiger partial charge in [-0.05, 0) is 31.6 Å². The van der Waals surface area contributed by atoms with Gasteiger partial charge in [-0.25, -0.2) is 9.97 Å². The van der Waals surface area contributed by atoms with Crippen LogP contribution < -0.4 is 16.0 Å². The zero-order chi connectivity index (χ0) is 14.7. The van der Waals surface area contributed by atoms with Crippen LogP contribution in [-0.2, 0) is 0 Å². The van der Waals surface area contributed by atoms with Gasteiger partial charge in [-0.15, -0.1) is 0 Å². The van der Waals surface area contributed by atoms with E-state index in [0.717, 1.165) is 36.3 Å². The molecule has 2 heterocycles. The van der Waals surface area contributed by atoms with E-state index in [4.69, 9.17) is 5.73 Å². The maximum absolute atomic E-state index is 6.34. The van der Waals surface area contributed by atoms with Crippen molar-refractivity contribution in [1.82, 2.24) is 9.97 Å². The first-order chi connectivity index (χ1) is 10.2. The maximum atomic E-state index is 6.34. The van der Waals surface area contributed by atoms with E-state index in [1.165, 1.54) is 44.9 Å². The number of hydrogen-bond donors (Lipinski definition) is 2. The lowest BCUT2D eigenvalue weighted by Gasteiger charge is -2.32. The van der Waals surface area contributed by atoms with E-state index in [9.17, 15) is 0 Å². The third kappa shape index (κ3) is 3.39. The predicted molar refractivity (Wildman–Crippen MR) is 87.6 cm³/mol. The first-order valence-corrected chi connectivity index (χ1v) is 8.36. The third-order valence-electron chi connectivity index (χ3n) is 4.89. The summed E-state index contributed by atoms with van der Waals surface area (Å²) in [7, 11) is 0. The van der Waals surface area contributed by atoms with Gasteiger partial charge >= 0.3 is 0 Å². The Morgan fingerprint density at radius 2 is 1.81 bits per heavy atom. The van der Waals surface area contributed by atoms with Gasteiger partial charge in [-0.1, -0.05) is 26.2 Å². The molecule has 0 spiro atoms. The van der Waals surface area contributed by atoms with Gasteiger partial charge in [0.25, 0.3) is 0 Å². The lowest BCUT2D eigenvalue weighted by atomic mass is 9.95. The highest BCUT2D eigenvalue weighted by Gasteiger charge is 2.21. The Hall–Kier alpha value is -1.52. The highest BCUT2D eigenvalue weighted by Crippen LogP contribution is 2.31. The van der Waals surface area contributed by atoms with Crippen LogP contribution in [0.5, 0.6) is 0 Å². The van der Waals surface area contributed by atoms with Crippen LogP contribution in [0.4, 0.5) is 17.3 Å². The molecule has 3 N–H and O–H groups in total. The molecule has 0 radical (unpaired) electrons. The summed E-state index contributed by atoms with van der Waals surface area (Å²) < 4.78 is 0. The number of nitrogens with zero attached hydrogens (tertiary/aromatic N) is 3. The van der Waals surface area contributed by atoms with Crippen molar-refractivity contribution in [3.63, 3.8) is 0 Å². The predicted octanol–water partition coefficient (Wildman–Crippen LogP) is 3.04. The van der Waals surface area contributed by atoms with Gasteiger partial charge in [0.15, 0.2) is 11.6 Å². The van der Waals surface area contributed by atoms with Gasteiger partial charge in [-0.3, -0.25) is 0 Å². The molecule has 5 heteroatoms. The smallest absolute Gasteiger partial charge is 0.157 e. The Labute approximate surface area is 127 Å². The Bertz CT molecular complexity index is 462. The number of anilines is 3. The number of rotatable bonds is 3. The topological polar surface area (TPSA) is 67.1 Å². The highest BCUT2D eigenvalue weighted by molar-refractivity contribution is 5.75. The quantitative estimate of drug-likeness (QED) is 0.895. The molecule has 1 aromatic heterocycles. The van der Waals surface area contributed by atoms with Crippen molar-refractivity contribution in [2.75, 3.05) is 29.0 Å². The van der Waals surface area contributed by atoms with Crippen LogP contribution in [0.25, 0.3) is 0 Å². The van der Waals surface area contributed by atoms with E-state index in [1.807, 2.05) is 0 Å². The number of aromatic nitrogens is 2. The lowest BCUT2D eigenvalue weighted by molar-refractivity contribution is 0.436. The van der Waals surface area contributed by atoms with Gasteiger partial charge in [0.1, 0.15) is 12.0 Å². The number of hydrogen-bond acceptors (Lipinski definition) is 5. The Morgan fingerprint density at radius 1 is 1.10 bits per heavy atom. The SMILES string of the molecule is CC1CCN(c2ncnc(NC3CCCCC3)c2N)CC1. The van der Waals surface area contributed by atoms with Gasteiger partial charge in [0, 0.05) is 19.1 Å². The molecule has 0 atom stereocenters. The van der Waals surface area contributed by atoms with Crippen LogP contribution >= 0.6 is 0 Å². The fourth-order valence-corrected chi connectivity index (χ4v) is 3.41. The third-order valence-corrected chi connectivity index (χ3v) is 4.89. The zero-order valence-corrected chi connectivity index (χ0v) is 13.0. The minimum absolute atomic E-state index is 0.519. The molecule has 0 aromatic carbocycles. The van der Waals surface area contributed by atoms with Crippen LogP contribution in [0, 0.1) is 5.92 Å². The molecule has 1 aromatic rings. The molecule has 3 rings (SSSR count). The van der Waals surface area contributed by atoms with Crippen LogP contribution in [0.1, 0.15) is 51.9 Å². The lowest BCUT2D eigenvalue weighted by Crippen LogP contribution is -2.34. The molecule has 2 aliphatic rings. The van der Waals surface area contributed by atoms with E-state index in [-0.39, 0.29) is 0 Å². The maximum Gasteiger partial charge on any atom is 0.157 e. The highest BCUT2D eigenvalue weighted by atomic mass is 15.2. The van der Waals surface area contributed by atoms with E-state index >= 15 is 0 Å². The van der Waals surface area contributed by atoms with E-state index < -0.39 is 0 Å². The van der Waals surface area contributed by atoms with Crippen LogP contribution in [0.3, 0.4) is 0 Å². The molecule has 116 valence electrons. The summed E-state index contributed by atoms with van der Waals surface area (Å²) in [5, 5.41) is 3.53. The zero-order valence-electron chi connectivity index (χ0n) is 13.0. The van der Waals surface area contributed by atoms with Crippen molar-refractivity contribution < 1.29 is 0 Å². The molecule has 0 unspecified atom stereocenters. The van der Waals surface area contributed by atoms with Crippen molar-refractivity contribution in [2.45, 2.75) is 57.9 Å². The first-order valence-electron chi connectivity index (χ1n) is 8.36. The Balaban J connectivity index is 1.72. The Kier molecular flexibility index (Phi) is 4.46. The number of nitrogen functional groups attached to an aromatic ring is 1. The summed E-state index contributed by atoms with van der Waals surface area (Å²) in [4.78, 5) is 11.1. The van der Waals surface area contributed by atoms with E-state index in [0.29, 0.717) is 6.04 Å². The molecular formula is C16H27N5. The number of nitrogens with one attached hydrogen (secondary N) is 1. The second kappa shape index (κ2) is 6.50. The van der Waals surface area contributed by atoms with Crippen molar-refractivity contribution in [3.05, 3.63) is 6.33 Å². The average molecular weight is 289 g/mol. The monoisotopic (exact) mass is 289 g/mol. The first kappa shape index (κ1) is 14.4. The molecule has 5 nitrogen and oxygen atoms in total. The molecule has 1 aliphatic heterocycles. The summed E-state index contributed by atoms with van der Waals surface area (Å²) in [6, 6.07) is 0.519. The van der Waals surface area contributed by atoms with Crippen molar-refractivity contribution >= 4 is 17.3 Å². The summed E-state index contributed by atoms with van der Waals surface area (Å²) in [6.07, 6.45) is 10.5. The second-order valence-corrected chi connectivity index (χ2v) is 6.61. The van der Waals surface area contributed by atoms with Gasteiger partial charge in [-0.2, -0.15) is 0 Å².